The summed E-state index contributed by atoms with van der Waals surface area (Å²) in [5, 5.41) is 1.66. The molecule has 1 rings (SSSR count). The van der Waals surface area contributed by atoms with E-state index in [0.717, 1.165) is 0 Å². The van der Waals surface area contributed by atoms with E-state index in [-0.39, 0.29) is 5.69 Å². The highest BCUT2D eigenvalue weighted by Gasteiger charge is 2.61. The molecule has 0 aliphatic carbocycles. The largest absolute Gasteiger partial charge is 0.409 e. The van der Waals surface area contributed by atoms with E-state index in [1.165, 1.54) is 12.1 Å². The van der Waals surface area contributed by atoms with Gasteiger partial charge in [-0.15, -0.1) is 0 Å². The molecule has 0 aliphatic rings. The summed E-state index contributed by atoms with van der Waals surface area (Å²) in [5.74, 6) is -6.22. The Hall–Kier alpha value is -1.25. The summed E-state index contributed by atoms with van der Waals surface area (Å²) in [6, 6.07) is 2.55. The highest BCUT2D eigenvalue weighted by molar-refractivity contribution is 9.10. The second kappa shape index (κ2) is 5.86. The van der Waals surface area contributed by atoms with Crippen LogP contribution in [0.5, 0.6) is 0 Å². The Morgan fingerprint density at radius 3 is 1.76 bits per heavy atom. The first kappa shape index (κ1) is 17.8. The van der Waals surface area contributed by atoms with Crippen molar-refractivity contribution in [3.63, 3.8) is 0 Å². The van der Waals surface area contributed by atoms with E-state index in [1.807, 2.05) is 0 Å². The molecule has 0 aromatic heterocycles. The van der Waals surface area contributed by atoms with Gasteiger partial charge in [0.05, 0.1) is 0 Å². The average molecular weight is 378 g/mol. The number of nitrogens with one attached hydrogen (secondary N) is 1. The Bertz CT molecular complexity index is 515. The first-order valence-corrected chi connectivity index (χ1v) is 6.34. The summed E-state index contributed by atoms with van der Waals surface area (Å²) in [5.41, 5.74) is 1.01. The lowest BCUT2D eigenvalue weighted by molar-refractivity contribution is -0.272. The number of carbonyl (C=O) groups excluding carboxylic acids is 1. The van der Waals surface area contributed by atoms with Gasteiger partial charge >= 0.3 is 12.4 Å². The highest BCUT2D eigenvalue weighted by Crippen LogP contribution is 2.40. The molecule has 0 heterocycles. The number of hydrogen-bond donors (Lipinski definition) is 1. The summed E-state index contributed by atoms with van der Waals surface area (Å²) >= 11 is 3.20. The number of aryl methyl sites for hydroxylation is 2. The van der Waals surface area contributed by atoms with E-state index < -0.39 is 24.2 Å². The molecule has 0 saturated heterocycles. The average Bonchev–Trinajstić information content (AvgIpc) is 2.21. The summed E-state index contributed by atoms with van der Waals surface area (Å²) in [7, 11) is 0. The van der Waals surface area contributed by atoms with E-state index in [9.17, 15) is 31.1 Å². The van der Waals surface area contributed by atoms with Crippen LogP contribution in [0.4, 0.5) is 32.0 Å². The first-order chi connectivity index (χ1) is 9.34. The number of alkyl halides is 6. The lowest BCUT2D eigenvalue weighted by Crippen LogP contribution is -2.45. The third-order valence-electron chi connectivity index (χ3n) is 2.62. The maximum atomic E-state index is 12.4. The molecule has 0 aliphatic heterocycles. The van der Waals surface area contributed by atoms with Crippen LogP contribution in [0.15, 0.2) is 16.6 Å². The number of hydrogen-bond acceptors (Lipinski definition) is 1. The lowest BCUT2D eigenvalue weighted by Gasteiger charge is -2.22. The molecule has 1 amide bonds. The topological polar surface area (TPSA) is 29.1 Å². The Balaban J connectivity index is 3.09. The van der Waals surface area contributed by atoms with Crippen molar-refractivity contribution < 1.29 is 31.1 Å². The van der Waals surface area contributed by atoms with Gasteiger partial charge in [-0.05, 0) is 37.1 Å². The Kier molecular flexibility index (Phi) is 4.97. The van der Waals surface area contributed by atoms with Crippen LogP contribution in [-0.2, 0) is 4.79 Å². The molecule has 21 heavy (non-hydrogen) atoms. The van der Waals surface area contributed by atoms with Crippen LogP contribution in [0.3, 0.4) is 0 Å². The highest BCUT2D eigenvalue weighted by atomic mass is 79.9. The quantitative estimate of drug-likeness (QED) is 0.740. The van der Waals surface area contributed by atoms with Crippen LogP contribution in [0.1, 0.15) is 11.1 Å². The van der Waals surface area contributed by atoms with Gasteiger partial charge in [0.1, 0.15) is 0 Å². The van der Waals surface area contributed by atoms with Gasteiger partial charge in [-0.2, -0.15) is 26.3 Å². The number of carbonyl (C=O) groups is 1. The van der Waals surface area contributed by atoms with Gasteiger partial charge in [-0.3, -0.25) is 4.79 Å². The minimum atomic E-state index is -5.71. The van der Waals surface area contributed by atoms with Crippen molar-refractivity contribution in [2.24, 2.45) is 5.92 Å². The number of benzene rings is 1. The van der Waals surface area contributed by atoms with Gasteiger partial charge in [0.15, 0.2) is 0 Å². The zero-order valence-electron chi connectivity index (χ0n) is 10.8. The molecule has 2 nitrogen and oxygen atoms in total. The van der Waals surface area contributed by atoms with Gasteiger partial charge in [-0.1, -0.05) is 15.9 Å². The van der Waals surface area contributed by atoms with E-state index in [2.05, 4.69) is 15.9 Å². The van der Waals surface area contributed by atoms with Crippen LogP contribution in [0.25, 0.3) is 0 Å². The van der Waals surface area contributed by atoms with Crippen molar-refractivity contribution in [1.29, 1.82) is 0 Å². The fourth-order valence-electron chi connectivity index (χ4n) is 1.72. The molecule has 1 aromatic rings. The second-order valence-corrected chi connectivity index (χ2v) is 5.22. The minimum Gasteiger partial charge on any atom is -0.325 e. The number of halogens is 7. The van der Waals surface area contributed by atoms with Crippen molar-refractivity contribution >= 4 is 27.5 Å². The SMILES string of the molecule is Cc1cc(NC(=O)C(C(F)(F)F)C(F)(F)F)cc(C)c1Br. The minimum absolute atomic E-state index is 0.128. The monoisotopic (exact) mass is 377 g/mol. The summed E-state index contributed by atoms with van der Waals surface area (Å²) < 4.78 is 75.1. The molecular formula is C12H10BrF6NO. The molecule has 0 radical (unpaired) electrons. The third-order valence-corrected chi connectivity index (χ3v) is 3.87. The Labute approximate surface area is 124 Å². The van der Waals surface area contributed by atoms with Gasteiger partial charge in [0.25, 0.3) is 0 Å². The van der Waals surface area contributed by atoms with Crippen molar-refractivity contribution in [3.8, 4) is 0 Å². The first-order valence-electron chi connectivity index (χ1n) is 5.55. The smallest absolute Gasteiger partial charge is 0.325 e. The summed E-state index contributed by atoms with van der Waals surface area (Å²) in [6.45, 7) is 3.19. The molecule has 0 spiro atoms. The molecule has 0 atom stereocenters. The Morgan fingerprint density at radius 1 is 1.05 bits per heavy atom. The molecule has 0 fully saturated rings. The molecule has 1 aromatic carbocycles. The standard InChI is InChI=1S/C12H10BrF6NO/c1-5-3-7(4-6(2)8(5)13)20-10(21)9(11(14,15)16)12(17,18)19/h3-4,9H,1-2H3,(H,20,21). The predicted molar refractivity (Wildman–Crippen MR) is 67.8 cm³/mol. The zero-order valence-corrected chi connectivity index (χ0v) is 12.4. The second-order valence-electron chi connectivity index (χ2n) is 4.43. The Morgan fingerprint density at radius 2 is 1.43 bits per heavy atom. The van der Waals surface area contributed by atoms with Gasteiger partial charge in [0, 0.05) is 10.2 Å². The molecular weight excluding hydrogens is 368 g/mol. The lowest BCUT2D eigenvalue weighted by atomic mass is 10.1. The van der Waals surface area contributed by atoms with Crippen LogP contribution in [0, 0.1) is 19.8 Å². The molecule has 0 unspecified atom stereocenters. The maximum Gasteiger partial charge on any atom is 0.409 e. The fraction of sp³-hybridized carbons (Fsp3) is 0.417. The van der Waals surface area contributed by atoms with Crippen LogP contribution in [0.2, 0.25) is 0 Å². The van der Waals surface area contributed by atoms with Gasteiger partial charge < -0.3 is 5.32 Å². The summed E-state index contributed by atoms with van der Waals surface area (Å²) in [4.78, 5) is 11.4. The van der Waals surface area contributed by atoms with Crippen molar-refractivity contribution in [3.05, 3.63) is 27.7 Å². The van der Waals surface area contributed by atoms with E-state index >= 15 is 0 Å². The van der Waals surface area contributed by atoms with Crippen molar-refractivity contribution in [2.75, 3.05) is 5.32 Å². The van der Waals surface area contributed by atoms with Crippen LogP contribution < -0.4 is 5.32 Å². The summed E-state index contributed by atoms with van der Waals surface area (Å²) in [6.07, 6.45) is -11.4. The van der Waals surface area contributed by atoms with Crippen LogP contribution in [-0.4, -0.2) is 18.3 Å². The van der Waals surface area contributed by atoms with Gasteiger partial charge in [-0.25, -0.2) is 0 Å². The molecule has 118 valence electrons. The maximum absolute atomic E-state index is 12.4. The van der Waals surface area contributed by atoms with E-state index in [1.54, 1.807) is 19.2 Å². The van der Waals surface area contributed by atoms with Gasteiger partial charge in [0.2, 0.25) is 11.8 Å². The molecule has 0 saturated carbocycles. The van der Waals surface area contributed by atoms with E-state index in [4.69, 9.17) is 0 Å². The number of rotatable bonds is 2. The van der Waals surface area contributed by atoms with Crippen molar-refractivity contribution in [1.82, 2.24) is 0 Å². The van der Waals surface area contributed by atoms with Crippen molar-refractivity contribution in [2.45, 2.75) is 26.2 Å². The van der Waals surface area contributed by atoms with Crippen LogP contribution >= 0.6 is 15.9 Å². The normalized spacial score (nSPS) is 12.7. The fourth-order valence-corrected chi connectivity index (χ4v) is 1.94. The molecule has 9 heteroatoms. The predicted octanol–water partition coefficient (Wildman–Crippen LogP) is 4.75. The zero-order chi connectivity index (χ0) is 16.6. The number of amides is 1. The molecule has 1 N–H and O–H groups in total. The molecule has 0 bridgehead atoms. The third kappa shape index (κ3) is 4.36. The number of anilines is 1. The van der Waals surface area contributed by atoms with E-state index in [0.29, 0.717) is 15.6 Å².